The molecular weight excluding hydrogens is 364 g/mol. The topological polar surface area (TPSA) is 59.9 Å². The Labute approximate surface area is 170 Å². The first-order chi connectivity index (χ1) is 14.3. The Hall–Kier alpha value is -3.86. The zero-order valence-electron chi connectivity index (χ0n) is 15.9. The van der Waals surface area contributed by atoms with Gasteiger partial charge < -0.3 is 9.47 Å². The number of nitrogens with one attached hydrogen (secondary N) is 1. The van der Waals surface area contributed by atoms with Crippen LogP contribution in [0.3, 0.4) is 0 Å². The van der Waals surface area contributed by atoms with E-state index in [-0.39, 0.29) is 5.91 Å². The number of carbonyl (C=O) groups excluding carboxylic acids is 1. The Kier molecular flexibility index (Phi) is 7.61. The number of benzene rings is 3. The quantitative estimate of drug-likeness (QED) is 0.333. The first kappa shape index (κ1) is 19.9. The molecule has 0 atom stereocenters. The molecule has 5 heteroatoms. The minimum absolute atomic E-state index is 0.322. The average molecular weight is 386 g/mol. The van der Waals surface area contributed by atoms with Gasteiger partial charge in [0.25, 0.3) is 5.91 Å². The van der Waals surface area contributed by atoms with Crippen LogP contribution in [-0.4, -0.2) is 25.3 Å². The lowest BCUT2D eigenvalue weighted by molar-refractivity contribution is 0.0950. The largest absolute Gasteiger partial charge is 0.490 e. The summed E-state index contributed by atoms with van der Waals surface area (Å²) in [6, 6.07) is 26.4. The van der Waals surface area contributed by atoms with Crippen LogP contribution >= 0.6 is 0 Å². The van der Waals surface area contributed by atoms with Crippen molar-refractivity contribution in [2.75, 3.05) is 13.2 Å². The van der Waals surface area contributed by atoms with Crippen LogP contribution in [-0.2, 0) is 0 Å². The number of allylic oxidation sites excluding steroid dienone is 1. The summed E-state index contributed by atoms with van der Waals surface area (Å²) in [7, 11) is 0. The summed E-state index contributed by atoms with van der Waals surface area (Å²) in [6.45, 7) is 0.699. The van der Waals surface area contributed by atoms with Crippen molar-refractivity contribution in [1.82, 2.24) is 5.43 Å². The van der Waals surface area contributed by atoms with E-state index in [0.717, 1.165) is 11.3 Å². The van der Waals surface area contributed by atoms with Gasteiger partial charge in [0.15, 0.2) is 0 Å². The van der Waals surface area contributed by atoms with Gasteiger partial charge >= 0.3 is 0 Å². The Morgan fingerprint density at radius 3 is 2.28 bits per heavy atom. The molecule has 5 nitrogen and oxygen atoms in total. The molecule has 0 aliphatic carbocycles. The summed E-state index contributed by atoms with van der Waals surface area (Å²) in [5.41, 5.74) is 3.98. The van der Waals surface area contributed by atoms with E-state index in [4.69, 9.17) is 9.47 Å². The molecule has 0 saturated carbocycles. The Bertz CT molecular complexity index is 954. The average Bonchev–Trinajstić information content (AvgIpc) is 2.78. The maximum Gasteiger partial charge on any atom is 0.275 e. The van der Waals surface area contributed by atoms with Gasteiger partial charge in [-0.1, -0.05) is 66.7 Å². The third-order valence-electron chi connectivity index (χ3n) is 3.90. The highest BCUT2D eigenvalue weighted by atomic mass is 16.5. The number of hydrazone groups is 1. The van der Waals surface area contributed by atoms with Crippen LogP contribution in [0.15, 0.2) is 96.1 Å². The molecule has 0 fully saturated rings. The van der Waals surface area contributed by atoms with Gasteiger partial charge in [0, 0.05) is 6.21 Å². The summed E-state index contributed by atoms with van der Waals surface area (Å²) in [6.07, 6.45) is 5.19. The maximum atomic E-state index is 12.4. The van der Waals surface area contributed by atoms with Gasteiger partial charge in [-0.15, -0.1) is 0 Å². The second-order valence-corrected chi connectivity index (χ2v) is 6.00. The molecule has 0 aliphatic rings. The monoisotopic (exact) mass is 386 g/mol. The second-order valence-electron chi connectivity index (χ2n) is 6.00. The zero-order chi connectivity index (χ0) is 20.2. The molecule has 1 N–H and O–H groups in total. The van der Waals surface area contributed by atoms with Crippen molar-refractivity contribution < 1.29 is 14.3 Å². The molecule has 1 amide bonds. The standard InChI is InChI=1S/C24H22N2O3/c27-24(26-25-17-9-12-20-10-3-1-4-11-20)22-15-7-8-16-23(22)29-19-18-28-21-13-5-2-6-14-21/h1-17H,18-19H2,(H,26,27)/b12-9+,25-17+. The highest BCUT2D eigenvalue weighted by molar-refractivity contribution is 5.97. The molecule has 0 radical (unpaired) electrons. The molecule has 0 aromatic heterocycles. The summed E-state index contributed by atoms with van der Waals surface area (Å²) in [5, 5.41) is 3.95. The number of ether oxygens (including phenoxy) is 2. The summed E-state index contributed by atoms with van der Waals surface area (Å²) in [4.78, 5) is 12.4. The zero-order valence-corrected chi connectivity index (χ0v) is 15.9. The normalized spacial score (nSPS) is 10.9. The number of carbonyl (C=O) groups is 1. The van der Waals surface area contributed by atoms with Crippen LogP contribution in [0.4, 0.5) is 0 Å². The van der Waals surface area contributed by atoms with E-state index in [0.29, 0.717) is 24.5 Å². The van der Waals surface area contributed by atoms with Gasteiger partial charge in [0.1, 0.15) is 24.7 Å². The van der Waals surface area contributed by atoms with Crippen molar-refractivity contribution in [2.45, 2.75) is 0 Å². The van der Waals surface area contributed by atoms with E-state index in [1.165, 1.54) is 6.21 Å². The van der Waals surface area contributed by atoms with Crippen LogP contribution in [0.25, 0.3) is 6.08 Å². The van der Waals surface area contributed by atoms with E-state index in [2.05, 4.69) is 10.5 Å². The lowest BCUT2D eigenvalue weighted by atomic mass is 10.2. The number of hydrogen-bond acceptors (Lipinski definition) is 4. The highest BCUT2D eigenvalue weighted by Crippen LogP contribution is 2.18. The second kappa shape index (κ2) is 11.1. The van der Waals surface area contributed by atoms with Crippen molar-refractivity contribution in [3.8, 4) is 11.5 Å². The number of nitrogens with zero attached hydrogens (tertiary/aromatic N) is 1. The van der Waals surface area contributed by atoms with E-state index in [1.54, 1.807) is 24.3 Å². The van der Waals surface area contributed by atoms with E-state index >= 15 is 0 Å². The molecule has 3 aromatic carbocycles. The van der Waals surface area contributed by atoms with Crippen LogP contribution in [0.5, 0.6) is 11.5 Å². The van der Waals surface area contributed by atoms with Crippen molar-refractivity contribution >= 4 is 18.2 Å². The summed E-state index contributed by atoms with van der Waals surface area (Å²) >= 11 is 0. The predicted molar refractivity (Wildman–Crippen MR) is 115 cm³/mol. The molecule has 0 unspecified atom stereocenters. The van der Waals surface area contributed by atoms with Gasteiger partial charge in [0.2, 0.25) is 0 Å². The van der Waals surface area contributed by atoms with Gasteiger partial charge in [-0.25, -0.2) is 5.43 Å². The van der Waals surface area contributed by atoms with E-state index in [1.807, 2.05) is 72.8 Å². The maximum absolute atomic E-state index is 12.4. The molecular formula is C24H22N2O3. The minimum atomic E-state index is -0.339. The number of rotatable bonds is 9. The Balaban J connectivity index is 1.49. The lowest BCUT2D eigenvalue weighted by Crippen LogP contribution is -2.19. The molecule has 146 valence electrons. The predicted octanol–water partition coefficient (Wildman–Crippen LogP) is 4.57. The van der Waals surface area contributed by atoms with Crippen LogP contribution < -0.4 is 14.9 Å². The third-order valence-corrected chi connectivity index (χ3v) is 3.90. The summed E-state index contributed by atoms with van der Waals surface area (Å²) in [5.74, 6) is 0.922. The molecule has 0 saturated heterocycles. The molecule has 0 bridgehead atoms. The molecule has 3 aromatic rings. The first-order valence-electron chi connectivity index (χ1n) is 9.28. The van der Waals surface area contributed by atoms with Gasteiger partial charge in [-0.05, 0) is 35.9 Å². The smallest absolute Gasteiger partial charge is 0.275 e. The summed E-state index contributed by atoms with van der Waals surface area (Å²) < 4.78 is 11.3. The Morgan fingerprint density at radius 2 is 1.48 bits per heavy atom. The number of para-hydroxylation sites is 2. The van der Waals surface area contributed by atoms with Crippen LogP contribution in [0, 0.1) is 0 Å². The minimum Gasteiger partial charge on any atom is -0.490 e. The van der Waals surface area contributed by atoms with E-state index in [9.17, 15) is 4.79 Å². The fourth-order valence-electron chi connectivity index (χ4n) is 2.53. The van der Waals surface area contributed by atoms with Crippen LogP contribution in [0.1, 0.15) is 15.9 Å². The highest BCUT2D eigenvalue weighted by Gasteiger charge is 2.11. The SMILES string of the molecule is O=C(N/N=C/C=C/c1ccccc1)c1ccccc1OCCOc1ccccc1. The fraction of sp³-hybridized carbons (Fsp3) is 0.0833. The molecule has 0 aliphatic heterocycles. The number of amides is 1. The van der Waals surface area contributed by atoms with Gasteiger partial charge in [0.05, 0.1) is 5.56 Å². The van der Waals surface area contributed by atoms with Gasteiger partial charge in [-0.3, -0.25) is 4.79 Å². The van der Waals surface area contributed by atoms with Crippen LogP contribution in [0.2, 0.25) is 0 Å². The van der Waals surface area contributed by atoms with Crippen molar-refractivity contribution in [3.05, 3.63) is 102 Å². The molecule has 3 rings (SSSR count). The molecule has 0 heterocycles. The number of hydrogen-bond donors (Lipinski definition) is 1. The van der Waals surface area contributed by atoms with Crippen molar-refractivity contribution in [2.24, 2.45) is 5.10 Å². The van der Waals surface area contributed by atoms with Crippen molar-refractivity contribution in [3.63, 3.8) is 0 Å². The molecule has 29 heavy (non-hydrogen) atoms. The van der Waals surface area contributed by atoms with Crippen molar-refractivity contribution in [1.29, 1.82) is 0 Å². The fourth-order valence-corrected chi connectivity index (χ4v) is 2.53. The third kappa shape index (κ3) is 6.66. The lowest BCUT2D eigenvalue weighted by Gasteiger charge is -2.11. The Morgan fingerprint density at radius 1 is 0.828 bits per heavy atom. The first-order valence-corrected chi connectivity index (χ1v) is 9.28. The molecule has 0 spiro atoms. The van der Waals surface area contributed by atoms with Gasteiger partial charge in [-0.2, -0.15) is 5.10 Å². The van der Waals surface area contributed by atoms with E-state index < -0.39 is 0 Å².